The average molecular weight is 155 g/mol. The van der Waals surface area contributed by atoms with Crippen LogP contribution in [0.3, 0.4) is 0 Å². The van der Waals surface area contributed by atoms with Crippen LogP contribution in [0.4, 0.5) is 0 Å². The molecule has 0 fully saturated rings. The first kappa shape index (κ1) is 10.7. The Morgan fingerprint density at radius 3 is 2.45 bits per heavy atom. The first-order valence-corrected chi connectivity index (χ1v) is 4.30. The van der Waals surface area contributed by atoms with Crippen LogP contribution in [0.2, 0.25) is 0 Å². The van der Waals surface area contributed by atoms with Gasteiger partial charge in [0.15, 0.2) is 0 Å². The third-order valence-corrected chi connectivity index (χ3v) is 2.05. The van der Waals surface area contributed by atoms with Crippen LogP contribution < -0.4 is 5.32 Å². The lowest BCUT2D eigenvalue weighted by molar-refractivity contribution is 0.299. The molecule has 1 heteroatoms. The van der Waals surface area contributed by atoms with Gasteiger partial charge in [-0.05, 0) is 32.2 Å². The topological polar surface area (TPSA) is 12.0 Å². The lowest BCUT2D eigenvalue weighted by Crippen LogP contribution is -2.27. The van der Waals surface area contributed by atoms with Gasteiger partial charge in [0.1, 0.15) is 0 Å². The van der Waals surface area contributed by atoms with Crippen molar-refractivity contribution in [3.63, 3.8) is 0 Å². The Morgan fingerprint density at radius 2 is 2.09 bits per heavy atom. The van der Waals surface area contributed by atoms with Gasteiger partial charge in [-0.3, -0.25) is 0 Å². The van der Waals surface area contributed by atoms with E-state index >= 15 is 0 Å². The average Bonchev–Trinajstić information content (AvgIpc) is 1.86. The minimum Gasteiger partial charge on any atom is -0.317 e. The molecular weight excluding hydrogens is 134 g/mol. The smallest absolute Gasteiger partial charge is 0.00409 e. The molecule has 0 aliphatic heterocycles. The third kappa shape index (κ3) is 5.02. The number of rotatable bonds is 5. The van der Waals surface area contributed by atoms with Crippen molar-refractivity contribution < 1.29 is 0 Å². The van der Waals surface area contributed by atoms with Gasteiger partial charge < -0.3 is 5.32 Å². The van der Waals surface area contributed by atoms with E-state index in [0.717, 1.165) is 6.42 Å². The van der Waals surface area contributed by atoms with Crippen LogP contribution >= 0.6 is 0 Å². The van der Waals surface area contributed by atoms with Crippen LogP contribution in [0.1, 0.15) is 33.6 Å². The monoisotopic (exact) mass is 155 g/mol. The summed E-state index contributed by atoms with van der Waals surface area (Å²) in [7, 11) is 2.01. The largest absolute Gasteiger partial charge is 0.317 e. The van der Waals surface area contributed by atoms with Gasteiger partial charge in [0, 0.05) is 6.04 Å². The summed E-state index contributed by atoms with van der Waals surface area (Å²) in [5.41, 5.74) is 0.393. The van der Waals surface area contributed by atoms with E-state index < -0.39 is 0 Å². The minimum atomic E-state index is 0.393. The van der Waals surface area contributed by atoms with Crippen molar-refractivity contribution in [1.29, 1.82) is 0 Å². The van der Waals surface area contributed by atoms with Gasteiger partial charge in [-0.1, -0.05) is 19.9 Å². The highest BCUT2D eigenvalue weighted by Crippen LogP contribution is 2.26. The van der Waals surface area contributed by atoms with Crippen LogP contribution in [0.5, 0.6) is 0 Å². The summed E-state index contributed by atoms with van der Waals surface area (Å²) in [4.78, 5) is 0. The predicted octanol–water partition coefficient (Wildman–Crippen LogP) is 2.59. The van der Waals surface area contributed by atoms with Gasteiger partial charge in [0.2, 0.25) is 0 Å². The molecule has 0 heterocycles. The second-order valence-corrected chi connectivity index (χ2v) is 4.05. The van der Waals surface area contributed by atoms with Crippen LogP contribution in [0.25, 0.3) is 0 Å². The summed E-state index contributed by atoms with van der Waals surface area (Å²) in [6.45, 7) is 10.5. The Labute approximate surface area is 70.9 Å². The van der Waals surface area contributed by atoms with Crippen molar-refractivity contribution >= 4 is 0 Å². The molecule has 0 bridgehead atoms. The molecule has 0 aromatic rings. The third-order valence-electron chi connectivity index (χ3n) is 2.05. The van der Waals surface area contributed by atoms with E-state index in [2.05, 4.69) is 32.7 Å². The molecular formula is C10H21N. The number of hydrogen-bond donors (Lipinski definition) is 1. The maximum absolute atomic E-state index is 3.76. The Kier molecular flexibility index (Phi) is 4.43. The molecule has 0 aromatic carbocycles. The maximum atomic E-state index is 3.76. The molecule has 0 rings (SSSR count). The zero-order valence-electron chi connectivity index (χ0n) is 8.28. The summed E-state index contributed by atoms with van der Waals surface area (Å²) in [6.07, 6.45) is 4.30. The molecule has 0 saturated carbocycles. The van der Waals surface area contributed by atoms with Crippen LogP contribution in [0.15, 0.2) is 12.7 Å². The van der Waals surface area contributed by atoms with Crippen molar-refractivity contribution in [2.75, 3.05) is 7.05 Å². The molecule has 0 amide bonds. The first-order chi connectivity index (χ1) is 5.02. The molecule has 0 aromatic heterocycles. The fourth-order valence-electron chi connectivity index (χ4n) is 1.41. The molecule has 11 heavy (non-hydrogen) atoms. The molecule has 1 unspecified atom stereocenters. The van der Waals surface area contributed by atoms with Crippen molar-refractivity contribution in [2.45, 2.75) is 39.7 Å². The lowest BCUT2D eigenvalue weighted by Gasteiger charge is -2.26. The molecule has 1 nitrogen and oxygen atoms in total. The number of nitrogens with one attached hydrogen (secondary N) is 1. The van der Waals surface area contributed by atoms with E-state index in [0.29, 0.717) is 11.5 Å². The van der Waals surface area contributed by atoms with Crippen molar-refractivity contribution in [2.24, 2.45) is 5.41 Å². The zero-order valence-corrected chi connectivity index (χ0v) is 8.28. The zero-order chi connectivity index (χ0) is 8.91. The minimum absolute atomic E-state index is 0.393. The Balaban J connectivity index is 3.79. The molecule has 0 aliphatic rings. The summed E-state index contributed by atoms with van der Waals surface area (Å²) >= 11 is 0. The molecule has 0 spiro atoms. The van der Waals surface area contributed by atoms with Gasteiger partial charge in [0.05, 0.1) is 0 Å². The van der Waals surface area contributed by atoms with E-state index in [1.807, 2.05) is 13.1 Å². The molecule has 0 saturated heterocycles. The second-order valence-electron chi connectivity index (χ2n) is 4.05. The predicted molar refractivity (Wildman–Crippen MR) is 51.7 cm³/mol. The van der Waals surface area contributed by atoms with E-state index in [1.54, 1.807) is 0 Å². The van der Waals surface area contributed by atoms with Gasteiger partial charge in [-0.25, -0.2) is 0 Å². The van der Waals surface area contributed by atoms with E-state index in [-0.39, 0.29) is 0 Å². The SMILES string of the molecule is C=CCC(C)(C)CC(C)NC. The number of allylic oxidation sites excluding steroid dienone is 1. The molecule has 1 atom stereocenters. The van der Waals surface area contributed by atoms with E-state index in [1.165, 1.54) is 6.42 Å². The fraction of sp³-hybridized carbons (Fsp3) is 0.800. The van der Waals surface area contributed by atoms with Crippen LogP contribution in [-0.2, 0) is 0 Å². The highest BCUT2D eigenvalue weighted by molar-refractivity contribution is 4.82. The second kappa shape index (κ2) is 4.55. The Bertz CT molecular complexity index is 116. The molecule has 66 valence electrons. The molecule has 1 N–H and O–H groups in total. The summed E-state index contributed by atoms with van der Waals surface area (Å²) in [5, 5.41) is 3.25. The Hall–Kier alpha value is -0.300. The van der Waals surface area contributed by atoms with Gasteiger partial charge >= 0.3 is 0 Å². The van der Waals surface area contributed by atoms with Gasteiger partial charge in [0.25, 0.3) is 0 Å². The normalized spacial score (nSPS) is 14.5. The van der Waals surface area contributed by atoms with Crippen molar-refractivity contribution in [3.8, 4) is 0 Å². The first-order valence-electron chi connectivity index (χ1n) is 4.30. The highest BCUT2D eigenvalue weighted by Gasteiger charge is 2.18. The fourth-order valence-corrected chi connectivity index (χ4v) is 1.41. The lowest BCUT2D eigenvalue weighted by atomic mass is 9.83. The quantitative estimate of drug-likeness (QED) is 0.602. The molecule has 0 radical (unpaired) electrons. The summed E-state index contributed by atoms with van der Waals surface area (Å²) in [6, 6.07) is 0.602. The van der Waals surface area contributed by atoms with Crippen LogP contribution in [0, 0.1) is 5.41 Å². The van der Waals surface area contributed by atoms with Gasteiger partial charge in [-0.15, -0.1) is 6.58 Å². The van der Waals surface area contributed by atoms with E-state index in [9.17, 15) is 0 Å². The van der Waals surface area contributed by atoms with Crippen molar-refractivity contribution in [1.82, 2.24) is 5.32 Å². The van der Waals surface area contributed by atoms with Gasteiger partial charge in [-0.2, -0.15) is 0 Å². The number of hydrogen-bond acceptors (Lipinski definition) is 1. The summed E-state index contributed by atoms with van der Waals surface area (Å²) < 4.78 is 0. The van der Waals surface area contributed by atoms with E-state index in [4.69, 9.17) is 0 Å². The molecule has 0 aliphatic carbocycles. The Morgan fingerprint density at radius 1 is 1.55 bits per heavy atom. The maximum Gasteiger partial charge on any atom is 0.00409 e. The summed E-state index contributed by atoms with van der Waals surface area (Å²) in [5.74, 6) is 0. The highest BCUT2D eigenvalue weighted by atomic mass is 14.9. The standard InChI is InChI=1S/C10H21N/c1-6-7-10(3,4)8-9(2)11-5/h6,9,11H,1,7-8H2,2-5H3. The van der Waals surface area contributed by atoms with Crippen LogP contribution in [-0.4, -0.2) is 13.1 Å². The van der Waals surface area contributed by atoms with Crippen molar-refractivity contribution in [3.05, 3.63) is 12.7 Å².